The fourth-order valence-corrected chi connectivity index (χ4v) is 5.69. The predicted molar refractivity (Wildman–Crippen MR) is 139 cm³/mol. The van der Waals surface area contributed by atoms with Gasteiger partial charge in [0.15, 0.2) is 0 Å². The molecule has 0 aromatic rings. The Morgan fingerprint density at radius 2 is 0.692 bits per heavy atom. The molecule has 39 heavy (non-hydrogen) atoms. The average Bonchev–Trinajstić information content (AvgIpc) is 2.82. The summed E-state index contributed by atoms with van der Waals surface area (Å²) in [5, 5.41) is 28.4. The van der Waals surface area contributed by atoms with E-state index in [9.17, 15) is 43.7 Å². The van der Waals surface area contributed by atoms with Crippen molar-refractivity contribution in [3.63, 3.8) is 0 Å². The molecule has 0 saturated heterocycles. The summed E-state index contributed by atoms with van der Waals surface area (Å²) >= 11 is 0. The monoisotopic (exact) mass is 630 g/mol. The molecule has 0 radical (unpaired) electrons. The smallest absolute Gasteiger partial charge is 0.353 e. The first-order valence-electron chi connectivity index (χ1n) is 12.6. The van der Waals surface area contributed by atoms with Gasteiger partial charge in [0.1, 0.15) is 55.7 Å². The second kappa shape index (κ2) is 16.2. The van der Waals surface area contributed by atoms with Crippen LogP contribution in [-0.4, -0.2) is 105 Å². The van der Waals surface area contributed by atoms with Crippen LogP contribution in [0, 0.1) is 17.8 Å². The lowest BCUT2D eigenvalue weighted by molar-refractivity contribution is -0.249. The first kappa shape index (κ1) is 37.2. The molecule has 0 aromatic heterocycles. The molecule has 18 heteroatoms. The first-order valence-corrected chi connectivity index (χ1v) is 17.9. The number of hydrogen-bond donors (Lipinski definition) is 6. The Balaban J connectivity index is 3.90. The Kier molecular flexibility index (Phi) is 15.4. The average molecular weight is 630 g/mol. The van der Waals surface area contributed by atoms with Crippen molar-refractivity contribution in [3.05, 3.63) is 0 Å². The van der Waals surface area contributed by atoms with E-state index in [0.29, 0.717) is 0 Å². The molecule has 1 rings (SSSR count). The van der Waals surface area contributed by atoms with Gasteiger partial charge in [0.25, 0.3) is 0 Å². The normalized spacial score (nSPS) is 30.8. The number of aliphatic hydroxyl groups excluding tert-OH is 3. The highest BCUT2D eigenvalue weighted by atomic mass is 31.2. The van der Waals surface area contributed by atoms with Crippen molar-refractivity contribution in [3.8, 4) is 0 Å². The molecule has 234 valence electrons. The zero-order valence-corrected chi connectivity index (χ0v) is 25.8. The fourth-order valence-electron chi connectivity index (χ4n) is 3.63. The van der Waals surface area contributed by atoms with Crippen LogP contribution in [0.2, 0.25) is 0 Å². The summed E-state index contributed by atoms with van der Waals surface area (Å²) in [7, 11) is -14.5. The molecule has 0 aromatic carbocycles. The molecule has 0 spiro atoms. The van der Waals surface area contributed by atoms with Crippen molar-refractivity contribution in [2.75, 3.05) is 38.9 Å². The van der Waals surface area contributed by atoms with Gasteiger partial charge in [-0.05, 0) is 17.8 Å². The highest BCUT2D eigenvalue weighted by molar-refractivity contribution is 7.53. The molecule has 0 bridgehead atoms. The van der Waals surface area contributed by atoms with Crippen LogP contribution in [0.15, 0.2) is 0 Å². The Hall–Kier alpha value is 0.210. The number of hydrogen-bond acceptors (Lipinski definition) is 12. The molecule has 0 amide bonds. The summed E-state index contributed by atoms with van der Waals surface area (Å²) in [5.74, 6) is -0.192. The number of rotatable bonds is 18. The van der Waals surface area contributed by atoms with E-state index in [0.717, 1.165) is 0 Å². The molecular formula is C21H45O15P3. The molecule has 1 saturated carbocycles. The largest absolute Gasteiger partial charge is 0.384 e. The highest BCUT2D eigenvalue weighted by Crippen LogP contribution is 2.54. The van der Waals surface area contributed by atoms with Crippen LogP contribution in [0.3, 0.4) is 0 Å². The van der Waals surface area contributed by atoms with Crippen LogP contribution in [0.1, 0.15) is 41.5 Å². The van der Waals surface area contributed by atoms with Crippen molar-refractivity contribution < 1.29 is 71.5 Å². The van der Waals surface area contributed by atoms with E-state index >= 15 is 0 Å². The van der Waals surface area contributed by atoms with Crippen molar-refractivity contribution in [1.82, 2.24) is 0 Å². The topological polar surface area (TPSA) is 228 Å². The maximum Gasteiger partial charge on any atom is 0.353 e. The second-order valence-corrected chi connectivity index (χ2v) is 15.9. The van der Waals surface area contributed by atoms with Crippen molar-refractivity contribution in [2.45, 2.75) is 78.2 Å². The molecule has 1 fully saturated rings. The van der Waals surface area contributed by atoms with Crippen molar-refractivity contribution >= 4 is 22.8 Å². The number of aliphatic hydroxyl groups is 3. The maximum atomic E-state index is 12.6. The first-order chi connectivity index (χ1) is 17.9. The fraction of sp³-hybridized carbons (Fsp3) is 1.00. The summed E-state index contributed by atoms with van der Waals surface area (Å²) in [6, 6.07) is 0. The van der Waals surface area contributed by atoms with Gasteiger partial charge < -0.3 is 44.2 Å². The van der Waals surface area contributed by atoms with Gasteiger partial charge in [-0.15, -0.1) is 0 Å². The minimum atomic E-state index is -4.87. The Bertz CT molecular complexity index is 820. The van der Waals surface area contributed by atoms with Crippen LogP contribution in [-0.2, 0) is 41.5 Å². The number of ether oxygens (including phenoxy) is 3. The van der Waals surface area contributed by atoms with Gasteiger partial charge in [-0.2, -0.15) is 0 Å². The quantitative estimate of drug-likeness (QED) is 0.118. The van der Waals surface area contributed by atoms with Crippen LogP contribution >= 0.6 is 22.8 Å². The maximum absolute atomic E-state index is 12.6. The van der Waals surface area contributed by atoms with Gasteiger partial charge in [0.05, 0.1) is 0 Å². The summed E-state index contributed by atoms with van der Waals surface area (Å²) < 4.78 is 71.7. The molecule has 1 aliphatic carbocycles. The molecule has 0 heterocycles. The van der Waals surface area contributed by atoms with E-state index in [1.165, 1.54) is 0 Å². The zero-order valence-electron chi connectivity index (χ0n) is 23.1. The van der Waals surface area contributed by atoms with Gasteiger partial charge in [-0.25, -0.2) is 0 Å². The van der Waals surface area contributed by atoms with Crippen LogP contribution in [0.25, 0.3) is 0 Å². The summed E-state index contributed by atoms with van der Waals surface area (Å²) in [6.45, 7) is 11.1. The third-order valence-corrected chi connectivity index (χ3v) is 8.00. The molecule has 0 aliphatic heterocycles. The molecule has 9 atom stereocenters. The Labute approximate surface area is 229 Å². The van der Waals surface area contributed by atoms with E-state index < -0.39 is 78.5 Å². The van der Waals surface area contributed by atoms with Gasteiger partial charge >= 0.3 is 22.8 Å². The van der Waals surface area contributed by atoms with E-state index in [1.807, 2.05) is 41.5 Å². The summed E-state index contributed by atoms with van der Waals surface area (Å²) in [6.07, 6.45) is -13.6. The van der Waals surface area contributed by atoms with Crippen molar-refractivity contribution in [2.24, 2.45) is 17.8 Å². The van der Waals surface area contributed by atoms with Gasteiger partial charge in [0, 0.05) is 19.8 Å². The highest BCUT2D eigenvalue weighted by Gasteiger charge is 2.59. The lowest BCUT2D eigenvalue weighted by Gasteiger charge is -2.50. The Morgan fingerprint density at radius 3 is 0.897 bits per heavy atom. The van der Waals surface area contributed by atoms with Gasteiger partial charge in [0.2, 0.25) is 0 Å². The third-order valence-electron chi connectivity index (χ3n) is 5.20. The minimum Gasteiger partial charge on any atom is -0.384 e. The molecular weight excluding hydrogens is 585 g/mol. The lowest BCUT2D eigenvalue weighted by atomic mass is 9.84. The van der Waals surface area contributed by atoms with E-state index in [-0.39, 0.29) is 37.6 Å². The molecule has 15 nitrogen and oxygen atoms in total. The van der Waals surface area contributed by atoms with Gasteiger partial charge in [-0.1, -0.05) is 41.5 Å². The standard InChI is InChI=1S/C21H45O15P3/c1-13(2)7-31-16-17(32-8-14(3)4)19(34-37(25,26)10-22)21(36-39(29,30)12-24)20(35-38(27,28)11-23)18(16)33-9-15(5)6/h13-24H,7-12H2,1-6H3,(H,25,26)(H,27,28)(H,29,30)/t16-,17-,18+,19-,20-,21-/m0/s1. The molecule has 1 aliphatic rings. The van der Waals surface area contributed by atoms with Crippen LogP contribution < -0.4 is 0 Å². The Morgan fingerprint density at radius 1 is 0.487 bits per heavy atom. The summed E-state index contributed by atoms with van der Waals surface area (Å²) in [5.41, 5.74) is 0. The minimum absolute atomic E-state index is 0.0379. The van der Waals surface area contributed by atoms with Gasteiger partial charge in [-0.3, -0.25) is 27.3 Å². The zero-order chi connectivity index (χ0) is 30.2. The molecule has 3 unspecified atom stereocenters. The SMILES string of the molecule is CC(C)CO[C@@H]1[C@@H](OCC(C)C)[C@H](OP(=O)(O)CO)[C@@H](OP(=O)(O)CO)[C@@H](OP(=O)(O)CO)[C@H]1OCC(C)C. The van der Waals surface area contributed by atoms with Crippen LogP contribution in [0.5, 0.6) is 0 Å². The van der Waals surface area contributed by atoms with E-state index in [1.54, 1.807) is 0 Å². The van der Waals surface area contributed by atoms with Crippen molar-refractivity contribution in [1.29, 1.82) is 0 Å². The van der Waals surface area contributed by atoms with E-state index in [2.05, 4.69) is 0 Å². The second-order valence-electron chi connectivity index (χ2n) is 10.6. The molecule has 6 N–H and O–H groups in total. The lowest BCUT2D eigenvalue weighted by Crippen LogP contribution is -2.67. The third kappa shape index (κ3) is 12.5. The van der Waals surface area contributed by atoms with E-state index in [4.69, 9.17) is 27.8 Å². The van der Waals surface area contributed by atoms with Crippen LogP contribution in [0.4, 0.5) is 0 Å². The summed E-state index contributed by atoms with van der Waals surface area (Å²) in [4.78, 5) is 30.5. The predicted octanol–water partition coefficient (Wildman–Crippen LogP) is 1.68.